The number of aryl methyl sites for hydroxylation is 1. The van der Waals surface area contributed by atoms with E-state index in [9.17, 15) is 17.6 Å². The van der Waals surface area contributed by atoms with E-state index in [4.69, 9.17) is 5.73 Å². The van der Waals surface area contributed by atoms with Crippen molar-refractivity contribution >= 4 is 21.9 Å². The van der Waals surface area contributed by atoms with Crippen LogP contribution in [0.5, 0.6) is 0 Å². The Labute approximate surface area is 185 Å². The van der Waals surface area contributed by atoms with Crippen molar-refractivity contribution in [2.45, 2.75) is 36.2 Å². The predicted molar refractivity (Wildman–Crippen MR) is 119 cm³/mol. The van der Waals surface area contributed by atoms with Crippen LogP contribution in [0.2, 0.25) is 0 Å². The van der Waals surface area contributed by atoms with Gasteiger partial charge in [0.25, 0.3) is 0 Å². The van der Waals surface area contributed by atoms with Crippen molar-refractivity contribution in [2.75, 3.05) is 6.54 Å². The normalized spacial score (nSPS) is 15.0. The average Bonchev–Trinajstić information content (AvgIpc) is 3.16. The zero-order valence-corrected chi connectivity index (χ0v) is 18.7. The van der Waals surface area contributed by atoms with Gasteiger partial charge in [0.15, 0.2) is 5.03 Å². The van der Waals surface area contributed by atoms with Crippen LogP contribution in [0.25, 0.3) is 17.5 Å². The molecule has 2 heterocycles. The Balaban J connectivity index is 2.01. The minimum atomic E-state index is -4.01. The van der Waals surface area contributed by atoms with Crippen molar-refractivity contribution < 1.29 is 17.6 Å². The summed E-state index contributed by atoms with van der Waals surface area (Å²) in [7, 11) is -4.01. The molecule has 2 aromatic carbocycles. The highest BCUT2D eigenvalue weighted by Crippen LogP contribution is 2.39. The Morgan fingerprint density at radius 1 is 1.06 bits per heavy atom. The highest BCUT2D eigenvalue weighted by Gasteiger charge is 2.41. The lowest BCUT2D eigenvalue weighted by molar-refractivity contribution is -0.132. The molecule has 1 aliphatic rings. The van der Waals surface area contributed by atoms with Crippen LogP contribution >= 0.6 is 0 Å². The van der Waals surface area contributed by atoms with E-state index in [0.29, 0.717) is 11.4 Å². The Kier molecular flexibility index (Phi) is 5.26. The third-order valence-electron chi connectivity index (χ3n) is 5.53. The molecule has 32 heavy (non-hydrogen) atoms. The Hall–Kier alpha value is -3.30. The largest absolute Gasteiger partial charge is 0.322 e. The number of imidazole rings is 1. The summed E-state index contributed by atoms with van der Waals surface area (Å²) < 4.78 is 42.5. The number of sulfone groups is 1. The van der Waals surface area contributed by atoms with E-state index in [0.717, 1.165) is 5.56 Å². The minimum Gasteiger partial charge on any atom is -0.322 e. The van der Waals surface area contributed by atoms with Gasteiger partial charge in [-0.1, -0.05) is 17.7 Å². The van der Waals surface area contributed by atoms with Gasteiger partial charge in [-0.05, 0) is 57.2 Å². The van der Waals surface area contributed by atoms with E-state index < -0.39 is 21.2 Å². The number of fused-ring (bicyclic) bond motifs is 1. The molecule has 3 aromatic rings. The molecular formula is C23H23FN4O3S. The number of carbonyl (C=O) groups is 1. The molecule has 0 unspecified atom stereocenters. The third kappa shape index (κ3) is 3.43. The van der Waals surface area contributed by atoms with Crippen molar-refractivity contribution in [1.82, 2.24) is 14.5 Å². The molecule has 9 heteroatoms. The van der Waals surface area contributed by atoms with Crippen LogP contribution in [0, 0.1) is 12.7 Å². The predicted octanol–water partition coefficient (Wildman–Crippen LogP) is 3.29. The van der Waals surface area contributed by atoms with Crippen molar-refractivity contribution in [2.24, 2.45) is 5.73 Å². The number of halogens is 1. The average molecular weight is 455 g/mol. The van der Waals surface area contributed by atoms with E-state index >= 15 is 0 Å². The molecule has 0 radical (unpaired) electrons. The van der Waals surface area contributed by atoms with E-state index in [1.54, 1.807) is 38.1 Å². The maximum Gasteiger partial charge on any atom is 0.241 e. The molecule has 2 N–H and O–H groups in total. The summed E-state index contributed by atoms with van der Waals surface area (Å²) in [5, 5.41) is -0.0490. The number of nitrogens with zero attached hydrogens (tertiary/aromatic N) is 3. The summed E-state index contributed by atoms with van der Waals surface area (Å²) in [5.74, 6) is -0.417. The van der Waals surface area contributed by atoms with Gasteiger partial charge in [-0.25, -0.2) is 17.8 Å². The highest BCUT2D eigenvalue weighted by molar-refractivity contribution is 7.91. The van der Waals surface area contributed by atoms with Gasteiger partial charge in [-0.2, -0.15) is 0 Å². The molecule has 7 nitrogen and oxygen atoms in total. The first kappa shape index (κ1) is 21.9. The molecule has 0 fully saturated rings. The first-order valence-electron chi connectivity index (χ1n) is 9.98. The Bertz CT molecular complexity index is 1320. The van der Waals surface area contributed by atoms with Gasteiger partial charge >= 0.3 is 0 Å². The van der Waals surface area contributed by atoms with Gasteiger partial charge in [0.05, 0.1) is 11.4 Å². The summed E-state index contributed by atoms with van der Waals surface area (Å²) in [6.45, 7) is 5.20. The van der Waals surface area contributed by atoms with Crippen LogP contribution in [0.4, 0.5) is 4.39 Å². The van der Waals surface area contributed by atoms with Crippen LogP contribution in [-0.2, 0) is 20.2 Å². The fourth-order valence-corrected chi connectivity index (χ4v) is 5.33. The fraction of sp³-hybridized carbons (Fsp3) is 0.217. The Morgan fingerprint density at radius 3 is 2.28 bits per heavy atom. The standard InChI is InChI=1S/C23H23FN4O3S/c1-15-4-10-18(11-5-15)32(30,31)21-20(16-6-8-17(24)9-7-16)26-22-23(2,3)28(19(29)14-25)13-12-27(21)22/h4-13H,14,25H2,1-3H3. The quantitative estimate of drug-likeness (QED) is 0.652. The van der Waals surface area contributed by atoms with Crippen LogP contribution in [0.15, 0.2) is 64.7 Å². The number of nitrogens with two attached hydrogens (primary N) is 1. The lowest BCUT2D eigenvalue weighted by Crippen LogP contribution is -2.47. The molecule has 1 aromatic heterocycles. The molecule has 0 aliphatic carbocycles. The zero-order chi connectivity index (χ0) is 23.3. The summed E-state index contributed by atoms with van der Waals surface area (Å²) >= 11 is 0. The van der Waals surface area contributed by atoms with E-state index in [-0.39, 0.29) is 28.1 Å². The summed E-state index contributed by atoms with van der Waals surface area (Å²) in [5.41, 5.74) is 6.14. The van der Waals surface area contributed by atoms with Crippen molar-refractivity contribution in [3.05, 3.63) is 71.9 Å². The SMILES string of the molecule is Cc1ccc(S(=O)(=O)c2c(-c3ccc(F)cc3)nc3n2C=CN(C(=O)CN)C3(C)C)cc1. The first-order chi connectivity index (χ1) is 15.1. The van der Waals surface area contributed by atoms with Crippen LogP contribution in [-0.4, -0.2) is 35.3 Å². The lowest BCUT2D eigenvalue weighted by Gasteiger charge is -2.38. The van der Waals surface area contributed by atoms with E-state index in [2.05, 4.69) is 4.98 Å². The molecule has 0 saturated heterocycles. The van der Waals surface area contributed by atoms with Gasteiger partial charge in [-0.15, -0.1) is 0 Å². The number of rotatable bonds is 4. The van der Waals surface area contributed by atoms with Crippen LogP contribution < -0.4 is 5.73 Å². The molecule has 166 valence electrons. The molecular weight excluding hydrogens is 431 g/mol. The number of amides is 1. The second-order valence-corrected chi connectivity index (χ2v) is 9.97. The summed E-state index contributed by atoms with van der Waals surface area (Å²) in [6, 6.07) is 12.0. The van der Waals surface area contributed by atoms with Gasteiger partial charge in [0, 0.05) is 18.0 Å². The zero-order valence-electron chi connectivity index (χ0n) is 17.9. The van der Waals surface area contributed by atoms with Crippen molar-refractivity contribution in [1.29, 1.82) is 0 Å². The van der Waals surface area contributed by atoms with Crippen molar-refractivity contribution in [3.63, 3.8) is 0 Å². The smallest absolute Gasteiger partial charge is 0.241 e. The third-order valence-corrected chi connectivity index (χ3v) is 7.32. The molecule has 0 atom stereocenters. The van der Waals surface area contributed by atoms with Crippen molar-refractivity contribution in [3.8, 4) is 11.3 Å². The van der Waals surface area contributed by atoms with Crippen LogP contribution in [0.3, 0.4) is 0 Å². The molecule has 0 saturated carbocycles. The maximum absolute atomic E-state index is 13.8. The fourth-order valence-electron chi connectivity index (χ4n) is 3.79. The van der Waals surface area contributed by atoms with Crippen LogP contribution in [0.1, 0.15) is 25.2 Å². The second kappa shape index (κ2) is 7.68. The van der Waals surface area contributed by atoms with Gasteiger partial charge < -0.3 is 10.6 Å². The van der Waals surface area contributed by atoms with E-state index in [1.165, 1.54) is 46.1 Å². The van der Waals surface area contributed by atoms with Gasteiger partial charge in [-0.3, -0.25) is 9.36 Å². The summed E-state index contributed by atoms with van der Waals surface area (Å²) in [6.07, 6.45) is 3.00. The molecule has 4 rings (SSSR count). The summed E-state index contributed by atoms with van der Waals surface area (Å²) in [4.78, 5) is 18.6. The highest BCUT2D eigenvalue weighted by atomic mass is 32.2. The number of aromatic nitrogens is 2. The molecule has 1 aliphatic heterocycles. The second-order valence-electron chi connectivity index (χ2n) is 8.11. The van der Waals surface area contributed by atoms with E-state index in [1.807, 2.05) is 6.92 Å². The number of carbonyl (C=O) groups excluding carboxylic acids is 1. The minimum absolute atomic E-state index is 0.0490. The lowest BCUT2D eigenvalue weighted by atomic mass is 10.0. The monoisotopic (exact) mass is 454 g/mol. The Morgan fingerprint density at radius 2 is 1.69 bits per heavy atom. The molecule has 0 bridgehead atoms. The topological polar surface area (TPSA) is 98.3 Å². The number of hydrogen-bond donors (Lipinski definition) is 1. The van der Waals surface area contributed by atoms with Gasteiger partial charge in [0.2, 0.25) is 15.7 Å². The maximum atomic E-state index is 13.8. The number of hydrogen-bond acceptors (Lipinski definition) is 5. The molecule has 1 amide bonds. The van der Waals surface area contributed by atoms with Gasteiger partial charge in [0.1, 0.15) is 22.9 Å². The molecule has 0 spiro atoms. The first-order valence-corrected chi connectivity index (χ1v) is 11.5. The number of benzene rings is 2.